The Morgan fingerprint density at radius 1 is 0.889 bits per heavy atom. The minimum Gasteiger partial charge on any atom is -0.320 e. The summed E-state index contributed by atoms with van der Waals surface area (Å²) in [5.74, 6) is -0.613. The third-order valence-corrected chi connectivity index (χ3v) is 4.30. The number of carbonyl (C=O) groups is 2. The van der Waals surface area contributed by atoms with Crippen LogP contribution in [0, 0.1) is 0 Å². The molecule has 0 spiro atoms. The van der Waals surface area contributed by atoms with E-state index in [2.05, 4.69) is 10.3 Å². The number of aromatic nitrogens is 1. The van der Waals surface area contributed by atoms with Gasteiger partial charge in [-0.3, -0.25) is 9.59 Å². The monoisotopic (exact) mass is 359 g/mol. The lowest BCUT2D eigenvalue weighted by molar-refractivity contribution is 0.0988. The number of nitrogens with zero attached hydrogens (tertiary/aromatic N) is 2. The molecular formula is C22H21N3O2. The van der Waals surface area contributed by atoms with Crippen LogP contribution in [0.4, 0.5) is 11.4 Å². The highest BCUT2D eigenvalue weighted by molar-refractivity contribution is 6.07. The van der Waals surface area contributed by atoms with Gasteiger partial charge in [-0.1, -0.05) is 49.4 Å². The summed E-state index contributed by atoms with van der Waals surface area (Å²) in [6.45, 7) is 2.03. The lowest BCUT2D eigenvalue weighted by Gasteiger charge is -2.17. The first-order valence-corrected chi connectivity index (χ1v) is 8.79. The van der Waals surface area contributed by atoms with E-state index in [4.69, 9.17) is 0 Å². The summed E-state index contributed by atoms with van der Waals surface area (Å²) >= 11 is 0. The van der Waals surface area contributed by atoms with Crippen molar-refractivity contribution < 1.29 is 9.59 Å². The summed E-state index contributed by atoms with van der Waals surface area (Å²) in [6, 6.07) is 21.8. The third kappa shape index (κ3) is 4.20. The van der Waals surface area contributed by atoms with Crippen molar-refractivity contribution in [3.05, 3.63) is 89.7 Å². The second-order valence-corrected chi connectivity index (χ2v) is 6.07. The molecule has 3 aromatic rings. The minimum atomic E-state index is -0.340. The Morgan fingerprint density at radius 3 is 2.30 bits per heavy atom. The maximum Gasteiger partial charge on any atom is 0.276 e. The van der Waals surface area contributed by atoms with E-state index in [-0.39, 0.29) is 23.2 Å². The van der Waals surface area contributed by atoms with Crippen molar-refractivity contribution in [2.45, 2.75) is 13.3 Å². The molecule has 0 atom stereocenters. The molecule has 27 heavy (non-hydrogen) atoms. The highest BCUT2D eigenvalue weighted by Gasteiger charge is 2.17. The van der Waals surface area contributed by atoms with E-state index in [1.807, 2.05) is 61.5 Å². The Hall–Kier alpha value is -3.47. The summed E-state index contributed by atoms with van der Waals surface area (Å²) in [5.41, 5.74) is 2.98. The molecule has 5 nitrogen and oxygen atoms in total. The number of aryl methyl sites for hydroxylation is 1. The molecule has 3 rings (SSSR count). The second kappa shape index (κ2) is 8.27. The molecule has 2 amide bonds. The zero-order valence-electron chi connectivity index (χ0n) is 15.3. The number of anilines is 2. The molecule has 1 heterocycles. The van der Waals surface area contributed by atoms with Gasteiger partial charge in [0.1, 0.15) is 11.4 Å². The number of nitrogens with one attached hydrogen (secondary N) is 1. The molecule has 0 fully saturated rings. The lowest BCUT2D eigenvalue weighted by Crippen LogP contribution is -2.27. The van der Waals surface area contributed by atoms with Gasteiger partial charge in [0.2, 0.25) is 0 Å². The normalized spacial score (nSPS) is 10.3. The molecule has 5 heteroatoms. The van der Waals surface area contributed by atoms with Crippen LogP contribution in [0.5, 0.6) is 0 Å². The van der Waals surface area contributed by atoms with Gasteiger partial charge in [-0.2, -0.15) is 0 Å². The summed E-state index contributed by atoms with van der Waals surface area (Å²) in [5, 5.41) is 2.88. The Balaban J connectivity index is 1.80. The number of benzene rings is 2. The predicted octanol–water partition coefficient (Wildman–Crippen LogP) is 4.17. The van der Waals surface area contributed by atoms with Crippen LogP contribution in [0.3, 0.4) is 0 Å². The lowest BCUT2D eigenvalue weighted by atomic mass is 10.1. The molecule has 0 aliphatic heterocycles. The molecule has 1 aromatic heterocycles. The molecule has 0 radical (unpaired) electrons. The van der Waals surface area contributed by atoms with Crippen molar-refractivity contribution in [3.8, 4) is 0 Å². The van der Waals surface area contributed by atoms with Crippen LogP contribution in [0.1, 0.15) is 33.5 Å². The number of hydrogen-bond donors (Lipinski definition) is 1. The summed E-state index contributed by atoms with van der Waals surface area (Å²) < 4.78 is 0. The van der Waals surface area contributed by atoms with Gasteiger partial charge in [0.15, 0.2) is 0 Å². The van der Waals surface area contributed by atoms with E-state index in [1.54, 1.807) is 25.2 Å². The Morgan fingerprint density at radius 2 is 1.56 bits per heavy atom. The van der Waals surface area contributed by atoms with Crippen molar-refractivity contribution in [2.75, 3.05) is 17.3 Å². The molecule has 0 aliphatic rings. The number of pyridine rings is 1. The zero-order valence-corrected chi connectivity index (χ0v) is 15.3. The van der Waals surface area contributed by atoms with Crippen LogP contribution in [-0.4, -0.2) is 23.8 Å². The average Bonchev–Trinajstić information content (AvgIpc) is 2.73. The first-order chi connectivity index (χ1) is 13.1. The number of para-hydroxylation sites is 2. The van der Waals surface area contributed by atoms with Gasteiger partial charge in [-0.25, -0.2) is 4.98 Å². The predicted molar refractivity (Wildman–Crippen MR) is 107 cm³/mol. The van der Waals surface area contributed by atoms with Crippen molar-refractivity contribution in [1.82, 2.24) is 4.98 Å². The Bertz CT molecular complexity index is 955. The van der Waals surface area contributed by atoms with Gasteiger partial charge in [0.05, 0.1) is 0 Å². The third-order valence-electron chi connectivity index (χ3n) is 4.30. The van der Waals surface area contributed by atoms with E-state index in [0.29, 0.717) is 0 Å². The van der Waals surface area contributed by atoms with Crippen molar-refractivity contribution in [2.24, 2.45) is 0 Å². The van der Waals surface area contributed by atoms with Gasteiger partial charge >= 0.3 is 0 Å². The summed E-state index contributed by atoms with van der Waals surface area (Å²) in [4.78, 5) is 31.1. The summed E-state index contributed by atoms with van der Waals surface area (Å²) in [6.07, 6.45) is 0.810. The molecule has 0 aliphatic carbocycles. The number of amides is 2. The van der Waals surface area contributed by atoms with E-state index in [1.165, 1.54) is 4.90 Å². The van der Waals surface area contributed by atoms with E-state index >= 15 is 0 Å². The fourth-order valence-electron chi connectivity index (χ4n) is 2.76. The Kier molecular flexibility index (Phi) is 5.61. The van der Waals surface area contributed by atoms with Gasteiger partial charge < -0.3 is 10.2 Å². The van der Waals surface area contributed by atoms with Crippen LogP contribution in [0.2, 0.25) is 0 Å². The van der Waals surface area contributed by atoms with Gasteiger partial charge in [-0.15, -0.1) is 0 Å². The second-order valence-electron chi connectivity index (χ2n) is 6.07. The van der Waals surface area contributed by atoms with Crippen LogP contribution < -0.4 is 10.2 Å². The largest absolute Gasteiger partial charge is 0.320 e. The van der Waals surface area contributed by atoms with Crippen LogP contribution in [0.15, 0.2) is 72.8 Å². The number of carbonyl (C=O) groups excluding carboxylic acids is 2. The first kappa shape index (κ1) is 18.3. The van der Waals surface area contributed by atoms with Gasteiger partial charge in [0.25, 0.3) is 11.8 Å². The minimum absolute atomic E-state index is 0.202. The topological polar surface area (TPSA) is 62.3 Å². The zero-order chi connectivity index (χ0) is 19.2. The fraction of sp³-hybridized carbons (Fsp3) is 0.136. The van der Waals surface area contributed by atoms with Crippen molar-refractivity contribution >= 4 is 23.2 Å². The van der Waals surface area contributed by atoms with Gasteiger partial charge in [-0.05, 0) is 42.3 Å². The van der Waals surface area contributed by atoms with E-state index in [9.17, 15) is 9.59 Å². The van der Waals surface area contributed by atoms with E-state index in [0.717, 1.165) is 23.4 Å². The van der Waals surface area contributed by atoms with Crippen LogP contribution >= 0.6 is 0 Å². The SMILES string of the molecule is CCc1ccccc1NC(=O)c1cccc(C(=O)N(C)c2ccccc2)n1. The standard InChI is InChI=1S/C22H21N3O2/c1-3-16-10-7-8-13-18(16)24-21(26)19-14-9-15-20(23-19)22(27)25(2)17-11-5-4-6-12-17/h4-15H,3H2,1-2H3,(H,24,26). The Labute approximate surface area is 158 Å². The maximum absolute atomic E-state index is 12.7. The summed E-state index contributed by atoms with van der Waals surface area (Å²) in [7, 11) is 1.68. The quantitative estimate of drug-likeness (QED) is 0.743. The molecule has 0 saturated carbocycles. The maximum atomic E-state index is 12.7. The molecule has 0 unspecified atom stereocenters. The molecule has 2 aromatic carbocycles. The molecule has 136 valence electrons. The number of rotatable bonds is 5. The highest BCUT2D eigenvalue weighted by Crippen LogP contribution is 2.17. The van der Waals surface area contributed by atoms with E-state index < -0.39 is 0 Å². The van der Waals surface area contributed by atoms with Crippen molar-refractivity contribution in [3.63, 3.8) is 0 Å². The first-order valence-electron chi connectivity index (χ1n) is 8.79. The molecule has 1 N–H and O–H groups in total. The van der Waals surface area contributed by atoms with Gasteiger partial charge in [0, 0.05) is 18.4 Å². The number of hydrogen-bond acceptors (Lipinski definition) is 3. The smallest absolute Gasteiger partial charge is 0.276 e. The molecule has 0 bridgehead atoms. The fourth-order valence-corrected chi connectivity index (χ4v) is 2.76. The molecular weight excluding hydrogens is 338 g/mol. The highest BCUT2D eigenvalue weighted by atomic mass is 16.2. The van der Waals surface area contributed by atoms with Crippen molar-refractivity contribution in [1.29, 1.82) is 0 Å². The van der Waals surface area contributed by atoms with Crippen LogP contribution in [0.25, 0.3) is 0 Å². The molecule has 0 saturated heterocycles. The van der Waals surface area contributed by atoms with Crippen LogP contribution in [-0.2, 0) is 6.42 Å². The average molecular weight is 359 g/mol.